The lowest BCUT2D eigenvalue weighted by Crippen LogP contribution is -2.19. The Hall–Kier alpha value is -1.14. The molecule has 1 aromatic rings. The number of benzene rings is 1. The maximum Gasteiger partial charge on any atom is 0.336 e. The largest absolute Gasteiger partial charge is 0.478 e. The quantitative estimate of drug-likeness (QED) is 0.878. The van der Waals surface area contributed by atoms with Gasteiger partial charge in [-0.2, -0.15) is 0 Å². The van der Waals surface area contributed by atoms with Crippen LogP contribution in [0.3, 0.4) is 0 Å². The normalized spacial score (nSPS) is 12.2. The van der Waals surface area contributed by atoms with E-state index >= 15 is 0 Å². The van der Waals surface area contributed by atoms with Crippen molar-refractivity contribution in [3.63, 3.8) is 0 Å². The van der Waals surface area contributed by atoms with Crippen LogP contribution in [0, 0.1) is 5.82 Å². The van der Waals surface area contributed by atoms with E-state index in [4.69, 9.17) is 9.84 Å². The predicted octanol–water partition coefficient (Wildman–Crippen LogP) is 2.73. The summed E-state index contributed by atoms with van der Waals surface area (Å²) < 4.78 is 18.7. The van der Waals surface area contributed by atoms with E-state index in [-0.39, 0.29) is 21.8 Å². The molecule has 1 unspecified atom stereocenters. The highest BCUT2D eigenvalue weighted by Crippen LogP contribution is 2.27. The van der Waals surface area contributed by atoms with Crippen LogP contribution in [-0.4, -0.2) is 30.8 Å². The SMILES string of the molecule is COC(C)CNc1ccc(C(=O)O)c(Br)c1F. The Morgan fingerprint density at radius 2 is 2.29 bits per heavy atom. The van der Waals surface area contributed by atoms with Crippen molar-refractivity contribution < 1.29 is 19.0 Å². The first-order valence-electron chi connectivity index (χ1n) is 4.95. The number of hydrogen-bond donors (Lipinski definition) is 2. The van der Waals surface area contributed by atoms with E-state index in [0.29, 0.717) is 6.54 Å². The number of carboxylic acid groups (broad SMARTS) is 1. The van der Waals surface area contributed by atoms with Crippen LogP contribution in [0.2, 0.25) is 0 Å². The summed E-state index contributed by atoms with van der Waals surface area (Å²) in [5, 5.41) is 11.6. The van der Waals surface area contributed by atoms with Crippen LogP contribution in [0.5, 0.6) is 0 Å². The molecule has 0 saturated carbocycles. The Bertz CT molecular complexity index is 425. The number of aromatic carboxylic acids is 1. The third-order valence-electron chi connectivity index (χ3n) is 2.30. The van der Waals surface area contributed by atoms with Crippen molar-refractivity contribution in [1.82, 2.24) is 0 Å². The van der Waals surface area contributed by atoms with Gasteiger partial charge in [0, 0.05) is 13.7 Å². The number of nitrogens with one attached hydrogen (secondary N) is 1. The number of anilines is 1. The van der Waals surface area contributed by atoms with E-state index in [9.17, 15) is 9.18 Å². The molecule has 94 valence electrons. The first kappa shape index (κ1) is 13.9. The van der Waals surface area contributed by atoms with E-state index in [0.717, 1.165) is 0 Å². The zero-order chi connectivity index (χ0) is 13.0. The van der Waals surface area contributed by atoms with Crippen molar-refractivity contribution in [2.45, 2.75) is 13.0 Å². The number of carbonyl (C=O) groups is 1. The molecule has 2 N–H and O–H groups in total. The Morgan fingerprint density at radius 3 is 2.82 bits per heavy atom. The summed E-state index contributed by atoms with van der Waals surface area (Å²) in [4.78, 5) is 10.8. The topological polar surface area (TPSA) is 58.6 Å². The molecule has 1 rings (SSSR count). The average molecular weight is 306 g/mol. The fraction of sp³-hybridized carbons (Fsp3) is 0.364. The van der Waals surface area contributed by atoms with Crippen LogP contribution >= 0.6 is 15.9 Å². The molecule has 1 atom stereocenters. The van der Waals surface area contributed by atoms with Crippen LogP contribution in [0.15, 0.2) is 16.6 Å². The van der Waals surface area contributed by atoms with Crippen LogP contribution in [0.1, 0.15) is 17.3 Å². The lowest BCUT2D eigenvalue weighted by atomic mass is 10.2. The van der Waals surface area contributed by atoms with Gasteiger partial charge >= 0.3 is 5.97 Å². The lowest BCUT2D eigenvalue weighted by molar-refractivity contribution is 0.0695. The van der Waals surface area contributed by atoms with Crippen LogP contribution < -0.4 is 5.32 Å². The molecule has 0 heterocycles. The number of rotatable bonds is 5. The first-order chi connectivity index (χ1) is 7.97. The van der Waals surface area contributed by atoms with Crippen LogP contribution in [0.25, 0.3) is 0 Å². The average Bonchev–Trinajstić information content (AvgIpc) is 2.30. The molecule has 17 heavy (non-hydrogen) atoms. The molecular formula is C11H13BrFNO3. The Morgan fingerprint density at radius 1 is 1.65 bits per heavy atom. The molecule has 0 saturated heterocycles. The van der Waals surface area contributed by atoms with Gasteiger partial charge in [-0.25, -0.2) is 9.18 Å². The van der Waals surface area contributed by atoms with Crippen LogP contribution in [-0.2, 0) is 4.74 Å². The molecule has 0 bridgehead atoms. The smallest absolute Gasteiger partial charge is 0.336 e. The van der Waals surface area contributed by atoms with Crippen molar-refractivity contribution in [2.75, 3.05) is 19.0 Å². The third-order valence-corrected chi connectivity index (χ3v) is 3.07. The van der Waals surface area contributed by atoms with Gasteiger partial charge in [-0.05, 0) is 35.0 Å². The van der Waals surface area contributed by atoms with Gasteiger partial charge in [-0.1, -0.05) is 0 Å². The lowest BCUT2D eigenvalue weighted by Gasteiger charge is -2.13. The fourth-order valence-electron chi connectivity index (χ4n) is 1.19. The van der Waals surface area contributed by atoms with Gasteiger partial charge in [0.05, 0.1) is 21.8 Å². The highest BCUT2D eigenvalue weighted by Gasteiger charge is 2.15. The van der Waals surface area contributed by atoms with Gasteiger partial charge in [0.25, 0.3) is 0 Å². The molecule has 0 spiro atoms. The molecular weight excluding hydrogens is 293 g/mol. The summed E-state index contributed by atoms with van der Waals surface area (Å²) in [6.45, 7) is 2.28. The predicted molar refractivity (Wildman–Crippen MR) is 66.0 cm³/mol. The number of carboxylic acids is 1. The highest BCUT2D eigenvalue weighted by molar-refractivity contribution is 9.10. The number of hydrogen-bond acceptors (Lipinski definition) is 3. The zero-order valence-corrected chi connectivity index (χ0v) is 11.0. The minimum Gasteiger partial charge on any atom is -0.478 e. The molecule has 0 aromatic heterocycles. The van der Waals surface area contributed by atoms with Gasteiger partial charge in [-0.3, -0.25) is 0 Å². The summed E-state index contributed by atoms with van der Waals surface area (Å²) >= 11 is 2.93. The van der Waals surface area contributed by atoms with Crippen molar-refractivity contribution in [1.29, 1.82) is 0 Å². The number of halogens is 2. The molecule has 0 radical (unpaired) electrons. The summed E-state index contributed by atoms with van der Waals surface area (Å²) in [6.07, 6.45) is -0.0627. The van der Waals surface area contributed by atoms with Crippen molar-refractivity contribution in [3.8, 4) is 0 Å². The molecule has 0 aliphatic heterocycles. The standard InChI is InChI=1S/C11H13BrFNO3/c1-6(17-2)5-14-8-4-3-7(11(15)16)9(12)10(8)13/h3-4,6,14H,5H2,1-2H3,(H,15,16). The first-order valence-corrected chi connectivity index (χ1v) is 5.74. The summed E-state index contributed by atoms with van der Waals surface area (Å²) in [6, 6.07) is 2.74. The molecule has 6 heteroatoms. The molecule has 1 aromatic carbocycles. The van der Waals surface area contributed by atoms with Crippen molar-refractivity contribution >= 4 is 27.6 Å². The molecule has 0 amide bonds. The summed E-state index contributed by atoms with van der Waals surface area (Å²) in [5.74, 6) is -1.79. The third kappa shape index (κ3) is 3.41. The van der Waals surface area contributed by atoms with Gasteiger partial charge in [0.15, 0.2) is 5.82 Å². The Kier molecular flexibility index (Phi) is 4.89. The van der Waals surface area contributed by atoms with E-state index in [1.54, 1.807) is 7.11 Å². The van der Waals surface area contributed by atoms with E-state index in [2.05, 4.69) is 21.2 Å². The summed E-state index contributed by atoms with van der Waals surface area (Å²) in [7, 11) is 1.56. The minimum atomic E-state index is -1.17. The van der Waals surface area contributed by atoms with Gasteiger partial charge in [0.1, 0.15) is 0 Å². The van der Waals surface area contributed by atoms with Crippen LogP contribution in [0.4, 0.5) is 10.1 Å². The Labute approximate surface area is 107 Å². The Balaban J connectivity index is 2.89. The maximum absolute atomic E-state index is 13.8. The minimum absolute atomic E-state index is 0.0555. The molecule has 0 fully saturated rings. The van der Waals surface area contributed by atoms with E-state index in [1.165, 1.54) is 12.1 Å². The highest BCUT2D eigenvalue weighted by atomic mass is 79.9. The molecule has 0 aliphatic carbocycles. The maximum atomic E-state index is 13.8. The molecule has 0 aliphatic rings. The second-order valence-corrected chi connectivity index (χ2v) is 4.31. The number of ether oxygens (including phenoxy) is 1. The molecule has 4 nitrogen and oxygen atoms in total. The summed E-state index contributed by atoms with van der Waals surface area (Å²) in [5.41, 5.74) is 0.138. The monoisotopic (exact) mass is 305 g/mol. The second kappa shape index (κ2) is 5.97. The van der Waals surface area contributed by atoms with Gasteiger partial charge in [0.2, 0.25) is 0 Å². The number of methoxy groups -OCH3 is 1. The zero-order valence-electron chi connectivity index (χ0n) is 9.46. The van der Waals surface area contributed by atoms with Crippen molar-refractivity contribution in [3.05, 3.63) is 28.0 Å². The second-order valence-electron chi connectivity index (χ2n) is 3.52. The van der Waals surface area contributed by atoms with Gasteiger partial charge < -0.3 is 15.2 Å². The van der Waals surface area contributed by atoms with Crippen molar-refractivity contribution in [2.24, 2.45) is 0 Å². The van der Waals surface area contributed by atoms with Gasteiger partial charge in [-0.15, -0.1) is 0 Å². The van der Waals surface area contributed by atoms with E-state index < -0.39 is 11.8 Å². The van der Waals surface area contributed by atoms with E-state index in [1.807, 2.05) is 6.92 Å². The fourth-order valence-corrected chi connectivity index (χ4v) is 1.70.